The number of hydrogen-bond acceptors (Lipinski definition) is 2. The normalized spacial score (nSPS) is 14.0. The quantitative estimate of drug-likeness (QED) is 0.523. The molecule has 2 nitrogen and oxygen atoms in total. The van der Waals surface area contributed by atoms with Crippen molar-refractivity contribution in [2.75, 3.05) is 20.3 Å². The van der Waals surface area contributed by atoms with Gasteiger partial charge in [-0.15, -0.1) is 0 Å². The van der Waals surface area contributed by atoms with Gasteiger partial charge < -0.3 is 9.47 Å². The highest BCUT2D eigenvalue weighted by atomic mass is 19.4. The SMILES string of the molecule is CCCCC(OCCOC)(C(F)(F)F)C(F)(F)F. The molecule has 0 spiro atoms. The summed E-state index contributed by atoms with van der Waals surface area (Å²) in [7, 11) is 1.16. The van der Waals surface area contributed by atoms with Gasteiger partial charge in [-0.2, -0.15) is 26.3 Å². The van der Waals surface area contributed by atoms with Crippen molar-refractivity contribution in [2.45, 2.75) is 44.1 Å². The van der Waals surface area contributed by atoms with Crippen molar-refractivity contribution in [3.05, 3.63) is 0 Å². The van der Waals surface area contributed by atoms with Crippen LogP contribution in [0.1, 0.15) is 26.2 Å². The molecule has 0 N–H and O–H groups in total. The highest BCUT2D eigenvalue weighted by Gasteiger charge is 2.71. The average molecular weight is 282 g/mol. The van der Waals surface area contributed by atoms with E-state index in [1.807, 2.05) is 0 Å². The summed E-state index contributed by atoms with van der Waals surface area (Å²) in [5.74, 6) is 0. The molecule has 0 aromatic heterocycles. The van der Waals surface area contributed by atoms with E-state index in [2.05, 4.69) is 9.47 Å². The van der Waals surface area contributed by atoms with Crippen molar-refractivity contribution < 1.29 is 35.8 Å². The van der Waals surface area contributed by atoms with E-state index >= 15 is 0 Å². The molecule has 0 aliphatic heterocycles. The van der Waals surface area contributed by atoms with Gasteiger partial charge in [0.05, 0.1) is 13.2 Å². The van der Waals surface area contributed by atoms with Gasteiger partial charge in [0, 0.05) is 7.11 Å². The second-order valence-corrected chi connectivity index (χ2v) is 3.77. The lowest BCUT2D eigenvalue weighted by molar-refractivity contribution is -0.384. The van der Waals surface area contributed by atoms with Crippen molar-refractivity contribution in [1.82, 2.24) is 0 Å². The Morgan fingerprint density at radius 2 is 1.39 bits per heavy atom. The summed E-state index contributed by atoms with van der Waals surface area (Å²) in [6.45, 7) is 0.409. The molecule has 0 saturated heterocycles. The van der Waals surface area contributed by atoms with E-state index in [0.717, 1.165) is 7.11 Å². The molecule has 110 valence electrons. The number of unbranched alkanes of at least 4 members (excludes halogenated alkanes) is 1. The smallest absolute Gasteiger partial charge is 0.382 e. The molecular weight excluding hydrogens is 266 g/mol. The molecule has 0 atom stereocenters. The number of methoxy groups -OCH3 is 1. The van der Waals surface area contributed by atoms with E-state index in [4.69, 9.17) is 0 Å². The van der Waals surface area contributed by atoms with E-state index in [1.54, 1.807) is 0 Å². The standard InChI is InChI=1S/C10H16F6O2/c1-3-4-5-8(9(11,12)13,10(14,15)16)18-7-6-17-2/h3-7H2,1-2H3. The van der Waals surface area contributed by atoms with Crippen LogP contribution in [0, 0.1) is 0 Å². The van der Waals surface area contributed by atoms with Crippen LogP contribution in [0.25, 0.3) is 0 Å². The van der Waals surface area contributed by atoms with E-state index in [1.165, 1.54) is 6.92 Å². The maximum absolute atomic E-state index is 12.7. The number of alkyl halides is 6. The molecule has 0 bridgehead atoms. The Morgan fingerprint density at radius 3 is 1.72 bits per heavy atom. The van der Waals surface area contributed by atoms with Crippen LogP contribution in [0.2, 0.25) is 0 Å². The van der Waals surface area contributed by atoms with Crippen LogP contribution < -0.4 is 0 Å². The minimum absolute atomic E-state index is 0.210. The Bertz CT molecular complexity index is 222. The van der Waals surface area contributed by atoms with Crippen molar-refractivity contribution in [3.8, 4) is 0 Å². The first kappa shape index (κ1) is 17.5. The van der Waals surface area contributed by atoms with Gasteiger partial charge in [0.15, 0.2) is 0 Å². The minimum Gasteiger partial charge on any atom is -0.382 e. The van der Waals surface area contributed by atoms with Crippen LogP contribution in [0.3, 0.4) is 0 Å². The maximum atomic E-state index is 12.7. The molecule has 0 aliphatic rings. The summed E-state index contributed by atoms with van der Waals surface area (Å²) in [4.78, 5) is 0. The fourth-order valence-corrected chi connectivity index (χ4v) is 1.40. The minimum atomic E-state index is -5.51. The van der Waals surface area contributed by atoms with Crippen LogP contribution in [0.5, 0.6) is 0 Å². The average Bonchev–Trinajstić information content (AvgIpc) is 2.19. The maximum Gasteiger partial charge on any atom is 0.426 e. The number of rotatable bonds is 7. The second kappa shape index (κ2) is 6.60. The fourth-order valence-electron chi connectivity index (χ4n) is 1.40. The topological polar surface area (TPSA) is 18.5 Å². The molecule has 0 aromatic rings. The lowest BCUT2D eigenvalue weighted by Crippen LogP contribution is -2.59. The Balaban J connectivity index is 5.15. The molecule has 0 radical (unpaired) electrons. The van der Waals surface area contributed by atoms with Crippen molar-refractivity contribution in [1.29, 1.82) is 0 Å². The van der Waals surface area contributed by atoms with Gasteiger partial charge in [-0.05, 0) is 6.42 Å². The van der Waals surface area contributed by atoms with Crippen molar-refractivity contribution >= 4 is 0 Å². The largest absolute Gasteiger partial charge is 0.426 e. The third kappa shape index (κ3) is 4.01. The first-order valence-electron chi connectivity index (χ1n) is 5.38. The summed E-state index contributed by atoms with van der Waals surface area (Å²) >= 11 is 0. The predicted octanol–water partition coefficient (Wildman–Crippen LogP) is 3.70. The summed E-state index contributed by atoms with van der Waals surface area (Å²) in [5, 5.41) is 0. The van der Waals surface area contributed by atoms with Crippen LogP contribution in [0.4, 0.5) is 26.3 Å². The molecule has 8 heteroatoms. The molecule has 0 aromatic carbocycles. The van der Waals surface area contributed by atoms with Gasteiger partial charge in [0.2, 0.25) is 0 Å². The van der Waals surface area contributed by atoms with Crippen LogP contribution in [-0.2, 0) is 9.47 Å². The van der Waals surface area contributed by atoms with Gasteiger partial charge in [-0.3, -0.25) is 0 Å². The monoisotopic (exact) mass is 282 g/mol. The molecular formula is C10H16F6O2. The van der Waals surface area contributed by atoms with Crippen molar-refractivity contribution in [2.24, 2.45) is 0 Å². The van der Waals surface area contributed by atoms with Gasteiger partial charge in [-0.1, -0.05) is 19.8 Å². The lowest BCUT2D eigenvalue weighted by atomic mass is 9.95. The van der Waals surface area contributed by atoms with Crippen LogP contribution >= 0.6 is 0 Å². The molecule has 0 aliphatic carbocycles. The van der Waals surface area contributed by atoms with Crippen LogP contribution in [0.15, 0.2) is 0 Å². The zero-order valence-corrected chi connectivity index (χ0v) is 10.1. The van der Waals surface area contributed by atoms with Crippen LogP contribution in [-0.4, -0.2) is 38.3 Å². The van der Waals surface area contributed by atoms with E-state index in [0.29, 0.717) is 0 Å². The summed E-state index contributed by atoms with van der Waals surface area (Å²) < 4.78 is 84.9. The number of ether oxygens (including phenoxy) is 2. The number of halogens is 6. The molecule has 0 amide bonds. The highest BCUT2D eigenvalue weighted by molar-refractivity contribution is 4.95. The van der Waals surface area contributed by atoms with Gasteiger partial charge >= 0.3 is 12.4 Å². The molecule has 0 fully saturated rings. The van der Waals surface area contributed by atoms with E-state index < -0.39 is 31.0 Å². The molecule has 0 unspecified atom stereocenters. The summed E-state index contributed by atoms with van der Waals surface area (Å²) in [6, 6.07) is 0. The first-order chi connectivity index (χ1) is 8.12. The lowest BCUT2D eigenvalue weighted by Gasteiger charge is -2.37. The zero-order valence-electron chi connectivity index (χ0n) is 10.1. The zero-order chi connectivity index (χ0) is 14.4. The number of hydrogen-bond donors (Lipinski definition) is 0. The Hall–Kier alpha value is -0.500. The third-order valence-electron chi connectivity index (χ3n) is 2.43. The Kier molecular flexibility index (Phi) is 6.42. The van der Waals surface area contributed by atoms with Gasteiger partial charge in [0.1, 0.15) is 0 Å². The third-order valence-corrected chi connectivity index (χ3v) is 2.43. The van der Waals surface area contributed by atoms with Gasteiger partial charge in [0.25, 0.3) is 5.60 Å². The van der Waals surface area contributed by atoms with E-state index in [-0.39, 0.29) is 19.4 Å². The second-order valence-electron chi connectivity index (χ2n) is 3.77. The molecule has 0 rings (SSSR count). The molecule has 18 heavy (non-hydrogen) atoms. The Labute approximate surface area is 101 Å². The van der Waals surface area contributed by atoms with Crippen molar-refractivity contribution in [3.63, 3.8) is 0 Å². The Morgan fingerprint density at radius 1 is 0.889 bits per heavy atom. The molecule has 0 saturated carbocycles. The van der Waals surface area contributed by atoms with E-state index in [9.17, 15) is 26.3 Å². The summed E-state index contributed by atoms with van der Waals surface area (Å²) in [6.07, 6.45) is -12.2. The first-order valence-corrected chi connectivity index (χ1v) is 5.38. The fraction of sp³-hybridized carbons (Fsp3) is 1.00. The van der Waals surface area contributed by atoms with Gasteiger partial charge in [-0.25, -0.2) is 0 Å². The molecule has 0 heterocycles. The highest BCUT2D eigenvalue weighted by Crippen LogP contribution is 2.48. The predicted molar refractivity (Wildman–Crippen MR) is 52.2 cm³/mol. The summed E-state index contributed by atoms with van der Waals surface area (Å²) in [5.41, 5.74) is -4.10.